The predicted octanol–water partition coefficient (Wildman–Crippen LogP) is 4.77. The molecule has 36 heavy (non-hydrogen) atoms. The Morgan fingerprint density at radius 2 is 1.58 bits per heavy atom. The Bertz CT molecular complexity index is 1210. The first-order chi connectivity index (χ1) is 17.6. The number of nitrogens with zero attached hydrogens (tertiary/aromatic N) is 7. The fourth-order valence-electron chi connectivity index (χ4n) is 4.58. The average Bonchev–Trinajstić information content (AvgIpc) is 3.38. The van der Waals surface area contributed by atoms with E-state index in [0.717, 1.165) is 57.4 Å². The fraction of sp³-hybridized carbons (Fsp3) is 0.440. The molecule has 1 N–H and O–H groups in total. The van der Waals surface area contributed by atoms with Crippen LogP contribution in [0.25, 0.3) is 11.3 Å². The molecule has 0 atom stereocenters. The fourth-order valence-corrected chi connectivity index (χ4v) is 4.58. The number of furan rings is 1. The third-order valence-corrected chi connectivity index (χ3v) is 6.57. The zero-order valence-electron chi connectivity index (χ0n) is 20.4. The molecule has 3 aromatic rings. The number of aromatic nitrogens is 3. The molecular weight excluding hydrogens is 460 g/mol. The first-order valence-corrected chi connectivity index (χ1v) is 12.5. The summed E-state index contributed by atoms with van der Waals surface area (Å²) in [5.41, 5.74) is 4.52. The molecule has 11 heteroatoms. The van der Waals surface area contributed by atoms with Crippen molar-refractivity contribution in [2.45, 2.75) is 45.4 Å². The first-order valence-electron chi connectivity index (χ1n) is 12.5. The van der Waals surface area contributed by atoms with Gasteiger partial charge < -0.3 is 14.2 Å². The smallest absolute Gasteiger partial charge is 0.270 e. The number of piperidine rings is 2. The number of rotatable bonds is 7. The topological polar surface area (TPSA) is 126 Å². The number of aryl methyl sites for hydroxylation is 1. The maximum atomic E-state index is 11.2. The number of nitro benzene ring substituents is 1. The molecule has 0 amide bonds. The van der Waals surface area contributed by atoms with E-state index in [1.54, 1.807) is 24.4 Å². The third-order valence-electron chi connectivity index (χ3n) is 6.57. The second-order valence-electron chi connectivity index (χ2n) is 9.18. The van der Waals surface area contributed by atoms with Gasteiger partial charge in [0, 0.05) is 43.9 Å². The van der Waals surface area contributed by atoms with Gasteiger partial charge in [0.2, 0.25) is 17.8 Å². The van der Waals surface area contributed by atoms with E-state index in [1.165, 1.54) is 25.0 Å². The number of nitro groups is 1. The molecule has 0 bridgehead atoms. The molecule has 2 aliphatic heterocycles. The van der Waals surface area contributed by atoms with Gasteiger partial charge in [-0.2, -0.15) is 20.1 Å². The van der Waals surface area contributed by atoms with Crippen LogP contribution < -0.4 is 15.2 Å². The van der Waals surface area contributed by atoms with Crippen molar-refractivity contribution in [2.24, 2.45) is 5.10 Å². The lowest BCUT2D eigenvalue weighted by Crippen LogP contribution is -2.34. The number of non-ortho nitro benzene ring substituents is 1. The summed E-state index contributed by atoms with van der Waals surface area (Å²) in [6, 6.07) is 8.26. The number of hydrazone groups is 1. The molecule has 0 saturated carbocycles. The van der Waals surface area contributed by atoms with Crippen molar-refractivity contribution in [2.75, 3.05) is 41.4 Å². The predicted molar refractivity (Wildman–Crippen MR) is 139 cm³/mol. The molecule has 2 aromatic heterocycles. The van der Waals surface area contributed by atoms with E-state index in [1.807, 2.05) is 6.92 Å². The van der Waals surface area contributed by atoms with Crippen LogP contribution in [0.4, 0.5) is 23.5 Å². The monoisotopic (exact) mass is 490 g/mol. The van der Waals surface area contributed by atoms with E-state index < -0.39 is 4.92 Å². The van der Waals surface area contributed by atoms with Crippen LogP contribution in [0.2, 0.25) is 0 Å². The number of benzene rings is 1. The largest absolute Gasteiger partial charge is 0.455 e. The summed E-state index contributed by atoms with van der Waals surface area (Å²) in [5, 5.41) is 15.4. The lowest BCUT2D eigenvalue weighted by Gasteiger charge is -2.30. The summed E-state index contributed by atoms with van der Waals surface area (Å²) in [4.78, 5) is 29.2. The highest BCUT2D eigenvalue weighted by Gasteiger charge is 2.20. The lowest BCUT2D eigenvalue weighted by atomic mass is 10.1. The van der Waals surface area contributed by atoms with Gasteiger partial charge in [0.1, 0.15) is 11.5 Å². The maximum Gasteiger partial charge on any atom is 0.270 e. The van der Waals surface area contributed by atoms with Crippen molar-refractivity contribution in [1.82, 2.24) is 15.0 Å². The van der Waals surface area contributed by atoms with Gasteiger partial charge in [0.25, 0.3) is 5.69 Å². The van der Waals surface area contributed by atoms with E-state index in [9.17, 15) is 10.1 Å². The van der Waals surface area contributed by atoms with E-state index in [2.05, 4.69) is 30.3 Å². The maximum absolute atomic E-state index is 11.2. The van der Waals surface area contributed by atoms with Gasteiger partial charge in [-0.15, -0.1) is 0 Å². The van der Waals surface area contributed by atoms with Crippen LogP contribution >= 0.6 is 0 Å². The van der Waals surface area contributed by atoms with Crippen LogP contribution in [0.5, 0.6) is 0 Å². The van der Waals surface area contributed by atoms with Crippen LogP contribution in [0, 0.1) is 17.0 Å². The van der Waals surface area contributed by atoms with Gasteiger partial charge in [0.05, 0.1) is 11.1 Å². The lowest BCUT2D eigenvalue weighted by molar-refractivity contribution is -0.384. The van der Waals surface area contributed by atoms with E-state index in [0.29, 0.717) is 34.9 Å². The van der Waals surface area contributed by atoms with Crippen LogP contribution in [-0.4, -0.2) is 52.3 Å². The van der Waals surface area contributed by atoms with Crippen LogP contribution in [0.1, 0.15) is 49.8 Å². The van der Waals surface area contributed by atoms with Crippen molar-refractivity contribution < 1.29 is 9.34 Å². The second kappa shape index (κ2) is 10.7. The van der Waals surface area contributed by atoms with Crippen molar-refractivity contribution in [3.8, 4) is 11.3 Å². The minimum Gasteiger partial charge on any atom is -0.455 e. The van der Waals surface area contributed by atoms with Gasteiger partial charge in [-0.3, -0.25) is 10.1 Å². The van der Waals surface area contributed by atoms with Gasteiger partial charge in [-0.05, 0) is 63.1 Å². The number of hydrogen-bond acceptors (Lipinski definition) is 10. The third kappa shape index (κ3) is 5.45. The molecule has 1 aromatic carbocycles. The van der Waals surface area contributed by atoms with Gasteiger partial charge in [-0.1, -0.05) is 6.07 Å². The van der Waals surface area contributed by atoms with Gasteiger partial charge in [-0.25, -0.2) is 5.43 Å². The molecule has 0 radical (unpaired) electrons. The van der Waals surface area contributed by atoms with E-state index >= 15 is 0 Å². The molecule has 4 heterocycles. The number of hydrogen-bond donors (Lipinski definition) is 1. The summed E-state index contributed by atoms with van der Waals surface area (Å²) >= 11 is 0. The molecule has 2 fully saturated rings. The second-order valence-corrected chi connectivity index (χ2v) is 9.18. The molecule has 11 nitrogen and oxygen atoms in total. The minimum absolute atomic E-state index is 0.0211. The van der Waals surface area contributed by atoms with Crippen LogP contribution in [0.15, 0.2) is 39.9 Å². The first kappa shape index (κ1) is 23.7. The van der Waals surface area contributed by atoms with Gasteiger partial charge >= 0.3 is 0 Å². The molecule has 188 valence electrons. The van der Waals surface area contributed by atoms with Crippen LogP contribution in [0.3, 0.4) is 0 Å². The molecule has 5 rings (SSSR count). The quantitative estimate of drug-likeness (QED) is 0.283. The number of nitrogens with one attached hydrogen (secondary N) is 1. The van der Waals surface area contributed by atoms with Crippen molar-refractivity contribution >= 4 is 29.7 Å². The summed E-state index contributed by atoms with van der Waals surface area (Å²) in [7, 11) is 0. The Labute approximate surface area is 209 Å². The van der Waals surface area contributed by atoms with Gasteiger partial charge in [0.15, 0.2) is 0 Å². The highest BCUT2D eigenvalue weighted by atomic mass is 16.6. The van der Waals surface area contributed by atoms with Crippen molar-refractivity contribution in [3.63, 3.8) is 0 Å². The standard InChI is InChI=1S/C25H30N8O3/c1-18-8-9-19(33(34)35)16-21(18)22-11-10-20(36-22)17-26-30-23-27-24(31-12-4-2-5-13-31)29-25(28-23)32-14-6-3-7-15-32/h8-11,16-17H,2-7,12-15H2,1H3,(H,27,28,29,30)/b26-17+. The zero-order chi connectivity index (χ0) is 24.9. The Balaban J connectivity index is 1.34. The summed E-state index contributed by atoms with van der Waals surface area (Å²) in [5.74, 6) is 2.81. The SMILES string of the molecule is Cc1ccc([N+](=O)[O-])cc1-c1ccc(/C=N/Nc2nc(N3CCCCC3)nc(N3CCCCC3)n2)o1. The number of anilines is 3. The Hall–Kier alpha value is -4.02. The zero-order valence-corrected chi connectivity index (χ0v) is 20.4. The highest BCUT2D eigenvalue weighted by molar-refractivity contribution is 5.78. The van der Waals surface area contributed by atoms with E-state index in [4.69, 9.17) is 9.40 Å². The van der Waals surface area contributed by atoms with Crippen molar-refractivity contribution in [3.05, 3.63) is 51.8 Å². The molecule has 0 aliphatic carbocycles. The molecule has 2 aliphatic rings. The van der Waals surface area contributed by atoms with E-state index in [-0.39, 0.29) is 5.69 Å². The molecule has 0 unspecified atom stereocenters. The minimum atomic E-state index is -0.414. The molecule has 0 spiro atoms. The molecule has 2 saturated heterocycles. The Morgan fingerprint density at radius 3 is 2.19 bits per heavy atom. The Morgan fingerprint density at radius 1 is 0.944 bits per heavy atom. The average molecular weight is 491 g/mol. The molecular formula is C25H30N8O3. The summed E-state index contributed by atoms with van der Waals surface area (Å²) < 4.78 is 5.88. The van der Waals surface area contributed by atoms with Crippen LogP contribution in [-0.2, 0) is 0 Å². The highest BCUT2D eigenvalue weighted by Crippen LogP contribution is 2.29. The summed E-state index contributed by atoms with van der Waals surface area (Å²) in [6.45, 7) is 5.66. The summed E-state index contributed by atoms with van der Waals surface area (Å²) in [6.07, 6.45) is 8.55. The van der Waals surface area contributed by atoms with Crippen molar-refractivity contribution in [1.29, 1.82) is 0 Å². The Kier molecular flexibility index (Phi) is 7.06. The normalized spacial score (nSPS) is 16.5.